The Labute approximate surface area is 129 Å². The summed E-state index contributed by atoms with van der Waals surface area (Å²) >= 11 is 0. The summed E-state index contributed by atoms with van der Waals surface area (Å²) in [5.41, 5.74) is 2.17. The van der Waals surface area contributed by atoms with Crippen LogP contribution in [0.15, 0.2) is 18.2 Å². The summed E-state index contributed by atoms with van der Waals surface area (Å²) in [6, 6.07) is 6.84. The van der Waals surface area contributed by atoms with E-state index >= 15 is 0 Å². The Hall–Kier alpha value is -2.39. The SMILES string of the molecule is CCOC(=O)CN1C(=O)c2ccc(CN(C)C)cc2C1C#N. The van der Waals surface area contributed by atoms with Gasteiger partial charge < -0.3 is 14.5 Å². The van der Waals surface area contributed by atoms with E-state index in [0.717, 1.165) is 12.1 Å². The summed E-state index contributed by atoms with van der Waals surface area (Å²) < 4.78 is 4.87. The number of carbonyl (C=O) groups excluding carboxylic acids is 2. The van der Waals surface area contributed by atoms with E-state index in [2.05, 4.69) is 6.07 Å². The van der Waals surface area contributed by atoms with Gasteiger partial charge in [0.2, 0.25) is 0 Å². The zero-order chi connectivity index (χ0) is 16.3. The molecule has 6 nitrogen and oxygen atoms in total. The lowest BCUT2D eigenvalue weighted by atomic mass is 10.0. The smallest absolute Gasteiger partial charge is 0.325 e. The fourth-order valence-electron chi connectivity index (χ4n) is 2.58. The van der Waals surface area contributed by atoms with Gasteiger partial charge in [-0.1, -0.05) is 12.1 Å². The van der Waals surface area contributed by atoms with Crippen LogP contribution in [0.25, 0.3) is 0 Å². The van der Waals surface area contributed by atoms with Crippen LogP contribution in [0.1, 0.15) is 34.5 Å². The fraction of sp³-hybridized carbons (Fsp3) is 0.438. The third-order valence-electron chi connectivity index (χ3n) is 3.44. The molecule has 0 bridgehead atoms. The Morgan fingerprint density at radius 2 is 2.18 bits per heavy atom. The van der Waals surface area contributed by atoms with E-state index in [0.29, 0.717) is 11.1 Å². The first-order valence-corrected chi connectivity index (χ1v) is 7.11. The molecule has 1 aromatic carbocycles. The minimum atomic E-state index is -0.742. The van der Waals surface area contributed by atoms with Crippen LogP contribution in [-0.4, -0.2) is 48.9 Å². The van der Waals surface area contributed by atoms with Crippen molar-refractivity contribution in [3.63, 3.8) is 0 Å². The number of ether oxygens (including phenoxy) is 1. The topological polar surface area (TPSA) is 73.6 Å². The maximum absolute atomic E-state index is 12.4. The molecule has 0 fully saturated rings. The molecule has 0 radical (unpaired) electrons. The average molecular weight is 301 g/mol. The van der Waals surface area contributed by atoms with Crippen molar-refractivity contribution in [2.24, 2.45) is 0 Å². The van der Waals surface area contributed by atoms with Crippen molar-refractivity contribution in [1.82, 2.24) is 9.80 Å². The Morgan fingerprint density at radius 3 is 2.77 bits per heavy atom. The molecule has 1 heterocycles. The van der Waals surface area contributed by atoms with Gasteiger partial charge in [0.1, 0.15) is 12.6 Å². The largest absolute Gasteiger partial charge is 0.465 e. The molecule has 1 unspecified atom stereocenters. The highest BCUT2D eigenvalue weighted by atomic mass is 16.5. The summed E-state index contributed by atoms with van der Waals surface area (Å²) in [6.45, 7) is 2.46. The molecule has 0 aromatic heterocycles. The number of rotatable bonds is 5. The van der Waals surface area contributed by atoms with Gasteiger partial charge in [0.25, 0.3) is 5.91 Å². The number of esters is 1. The van der Waals surface area contributed by atoms with Crippen LogP contribution >= 0.6 is 0 Å². The number of hydrogen-bond acceptors (Lipinski definition) is 5. The van der Waals surface area contributed by atoms with Gasteiger partial charge >= 0.3 is 5.97 Å². The van der Waals surface area contributed by atoms with Crippen LogP contribution in [0.4, 0.5) is 0 Å². The minimum absolute atomic E-state index is 0.206. The molecule has 1 aromatic rings. The first-order chi connectivity index (χ1) is 10.5. The summed E-state index contributed by atoms with van der Waals surface area (Å²) in [6.07, 6.45) is 0. The molecule has 0 spiro atoms. The van der Waals surface area contributed by atoms with Gasteiger partial charge in [-0.05, 0) is 32.6 Å². The van der Waals surface area contributed by atoms with Crippen LogP contribution < -0.4 is 0 Å². The predicted molar refractivity (Wildman–Crippen MR) is 79.9 cm³/mol. The number of hydrogen-bond donors (Lipinski definition) is 0. The van der Waals surface area contributed by atoms with E-state index in [9.17, 15) is 14.9 Å². The highest BCUT2D eigenvalue weighted by Crippen LogP contribution is 2.33. The number of nitriles is 1. The monoisotopic (exact) mass is 301 g/mol. The first-order valence-electron chi connectivity index (χ1n) is 7.11. The fourth-order valence-corrected chi connectivity index (χ4v) is 2.58. The summed E-state index contributed by atoms with van der Waals surface area (Å²) in [5.74, 6) is -0.802. The highest BCUT2D eigenvalue weighted by molar-refractivity contribution is 6.01. The van der Waals surface area contributed by atoms with E-state index in [1.807, 2.05) is 31.1 Å². The standard InChI is InChI=1S/C16H19N3O3/c1-4-22-15(20)10-19-14(8-17)13-7-11(9-18(2)3)5-6-12(13)16(19)21/h5-7,14H,4,9-10H2,1-3H3. The summed E-state index contributed by atoms with van der Waals surface area (Å²) in [5, 5.41) is 9.41. The molecule has 1 atom stereocenters. The summed E-state index contributed by atoms with van der Waals surface area (Å²) in [7, 11) is 3.90. The van der Waals surface area contributed by atoms with Crippen molar-refractivity contribution >= 4 is 11.9 Å². The molecule has 6 heteroatoms. The molecule has 0 saturated carbocycles. The minimum Gasteiger partial charge on any atom is -0.465 e. The second-order valence-corrected chi connectivity index (χ2v) is 5.43. The van der Waals surface area contributed by atoms with Crippen molar-refractivity contribution in [2.45, 2.75) is 19.5 Å². The van der Waals surface area contributed by atoms with Crippen molar-refractivity contribution in [1.29, 1.82) is 5.26 Å². The van der Waals surface area contributed by atoms with Crippen LogP contribution in [0.2, 0.25) is 0 Å². The van der Waals surface area contributed by atoms with E-state index in [1.54, 1.807) is 13.0 Å². The molecule has 0 saturated heterocycles. The zero-order valence-corrected chi connectivity index (χ0v) is 13.0. The van der Waals surface area contributed by atoms with Gasteiger partial charge in [-0.15, -0.1) is 0 Å². The Morgan fingerprint density at radius 1 is 1.45 bits per heavy atom. The molecule has 1 amide bonds. The lowest BCUT2D eigenvalue weighted by molar-refractivity contribution is -0.144. The van der Waals surface area contributed by atoms with Crippen molar-refractivity contribution in [3.8, 4) is 6.07 Å². The molecule has 2 rings (SSSR count). The van der Waals surface area contributed by atoms with E-state index in [4.69, 9.17) is 4.74 Å². The van der Waals surface area contributed by atoms with Gasteiger partial charge in [0, 0.05) is 17.7 Å². The number of fused-ring (bicyclic) bond motifs is 1. The highest BCUT2D eigenvalue weighted by Gasteiger charge is 2.38. The van der Waals surface area contributed by atoms with Gasteiger partial charge in [0.15, 0.2) is 0 Å². The van der Waals surface area contributed by atoms with Crippen LogP contribution in [0.5, 0.6) is 0 Å². The predicted octanol–water partition coefficient (Wildman–Crippen LogP) is 1.33. The third kappa shape index (κ3) is 3.10. The second-order valence-electron chi connectivity index (χ2n) is 5.43. The van der Waals surface area contributed by atoms with Crippen LogP contribution in [-0.2, 0) is 16.1 Å². The first kappa shape index (κ1) is 16.0. The van der Waals surface area contributed by atoms with Gasteiger partial charge in [0.05, 0.1) is 12.7 Å². The zero-order valence-electron chi connectivity index (χ0n) is 13.0. The number of nitrogens with zero attached hydrogens (tertiary/aromatic N) is 3. The van der Waals surface area contributed by atoms with Crippen molar-refractivity contribution in [2.75, 3.05) is 27.2 Å². The van der Waals surface area contributed by atoms with E-state index in [-0.39, 0.29) is 19.1 Å². The van der Waals surface area contributed by atoms with Crippen molar-refractivity contribution in [3.05, 3.63) is 34.9 Å². The average Bonchev–Trinajstić information content (AvgIpc) is 2.70. The normalized spacial score (nSPS) is 16.6. The van der Waals surface area contributed by atoms with Gasteiger partial charge in [-0.3, -0.25) is 9.59 Å². The molecule has 1 aliphatic heterocycles. The molecular weight excluding hydrogens is 282 g/mol. The Balaban J connectivity index is 2.29. The van der Waals surface area contributed by atoms with Crippen LogP contribution in [0.3, 0.4) is 0 Å². The number of carbonyl (C=O) groups is 2. The Bertz CT molecular complexity index is 634. The quantitative estimate of drug-likeness (QED) is 0.767. The van der Waals surface area contributed by atoms with Gasteiger partial charge in [-0.2, -0.15) is 5.26 Å². The molecule has 1 aliphatic rings. The second kappa shape index (κ2) is 6.58. The van der Waals surface area contributed by atoms with Crippen LogP contribution in [0, 0.1) is 11.3 Å². The molecule has 0 N–H and O–H groups in total. The van der Waals surface area contributed by atoms with E-state index in [1.165, 1.54) is 4.90 Å². The summed E-state index contributed by atoms with van der Waals surface area (Å²) in [4.78, 5) is 27.3. The van der Waals surface area contributed by atoms with E-state index < -0.39 is 12.0 Å². The maximum Gasteiger partial charge on any atom is 0.325 e. The maximum atomic E-state index is 12.4. The Kier molecular flexibility index (Phi) is 4.78. The number of amides is 1. The lowest BCUT2D eigenvalue weighted by Crippen LogP contribution is -2.33. The van der Waals surface area contributed by atoms with Crippen molar-refractivity contribution < 1.29 is 14.3 Å². The molecule has 116 valence electrons. The molecule has 0 aliphatic carbocycles. The third-order valence-corrected chi connectivity index (χ3v) is 3.44. The number of benzene rings is 1. The van der Waals surface area contributed by atoms with Gasteiger partial charge in [-0.25, -0.2) is 0 Å². The molecule has 22 heavy (non-hydrogen) atoms. The molecular formula is C16H19N3O3. The lowest BCUT2D eigenvalue weighted by Gasteiger charge is -2.18.